The van der Waals surface area contributed by atoms with Gasteiger partial charge in [-0.25, -0.2) is 0 Å². The number of aryl methyl sites for hydroxylation is 1. The van der Waals surface area contributed by atoms with Crippen molar-refractivity contribution in [1.29, 1.82) is 0 Å². The first-order valence-electron chi connectivity index (χ1n) is 8.38. The molecule has 0 atom stereocenters. The summed E-state index contributed by atoms with van der Waals surface area (Å²) in [4.78, 5) is 21.0. The molecule has 1 amide bonds. The van der Waals surface area contributed by atoms with Crippen LogP contribution in [0, 0.1) is 6.92 Å². The van der Waals surface area contributed by atoms with Gasteiger partial charge < -0.3 is 4.90 Å². The van der Waals surface area contributed by atoms with Crippen molar-refractivity contribution in [2.45, 2.75) is 6.92 Å². The zero-order valence-corrected chi connectivity index (χ0v) is 14.1. The Hall–Kier alpha value is -2.46. The third kappa shape index (κ3) is 4.30. The normalized spacial score (nSPS) is 15.8. The smallest absolute Gasteiger partial charge is 0.272 e. The number of aromatic nitrogens is 1. The van der Waals surface area contributed by atoms with Crippen LogP contribution in [0.3, 0.4) is 0 Å². The van der Waals surface area contributed by atoms with Gasteiger partial charge in [0.25, 0.3) is 5.91 Å². The summed E-state index contributed by atoms with van der Waals surface area (Å²) < 4.78 is 0. The molecule has 0 aliphatic carbocycles. The number of piperazine rings is 1. The fourth-order valence-electron chi connectivity index (χ4n) is 2.85. The van der Waals surface area contributed by atoms with Crippen molar-refractivity contribution in [3.05, 3.63) is 71.6 Å². The predicted molar refractivity (Wildman–Crippen MR) is 96.8 cm³/mol. The van der Waals surface area contributed by atoms with E-state index in [1.807, 2.05) is 42.2 Å². The number of nitrogens with zero attached hydrogens (tertiary/aromatic N) is 3. The predicted octanol–water partition coefficient (Wildman–Crippen LogP) is 2.86. The van der Waals surface area contributed by atoms with Crippen LogP contribution in [0.5, 0.6) is 0 Å². The summed E-state index contributed by atoms with van der Waals surface area (Å²) in [6.07, 6.45) is 6.04. The molecule has 2 aromatic rings. The van der Waals surface area contributed by atoms with Gasteiger partial charge in [0.1, 0.15) is 5.69 Å². The molecule has 4 nitrogen and oxygen atoms in total. The maximum absolute atomic E-state index is 12.5. The maximum atomic E-state index is 12.5. The monoisotopic (exact) mass is 321 g/mol. The molecule has 24 heavy (non-hydrogen) atoms. The van der Waals surface area contributed by atoms with E-state index in [1.165, 1.54) is 5.56 Å². The van der Waals surface area contributed by atoms with Gasteiger partial charge in [0.05, 0.1) is 0 Å². The van der Waals surface area contributed by atoms with E-state index in [2.05, 4.69) is 34.2 Å². The van der Waals surface area contributed by atoms with Crippen LogP contribution in [0.4, 0.5) is 0 Å². The lowest BCUT2D eigenvalue weighted by atomic mass is 10.2. The van der Waals surface area contributed by atoms with E-state index in [0.29, 0.717) is 5.69 Å². The van der Waals surface area contributed by atoms with Crippen LogP contribution < -0.4 is 0 Å². The molecule has 3 rings (SSSR count). The number of rotatable bonds is 4. The Bertz CT molecular complexity index is 704. The minimum Gasteiger partial charge on any atom is -0.335 e. The molecular formula is C20H23N3O. The van der Waals surface area contributed by atoms with Crippen molar-refractivity contribution in [2.75, 3.05) is 32.7 Å². The first-order valence-corrected chi connectivity index (χ1v) is 8.38. The zero-order chi connectivity index (χ0) is 16.8. The van der Waals surface area contributed by atoms with Crippen LogP contribution in [0.2, 0.25) is 0 Å². The molecule has 4 heteroatoms. The molecule has 0 bridgehead atoms. The lowest BCUT2D eigenvalue weighted by molar-refractivity contribution is 0.0644. The number of benzene rings is 1. The van der Waals surface area contributed by atoms with E-state index in [-0.39, 0.29) is 5.91 Å². The van der Waals surface area contributed by atoms with Gasteiger partial charge in [-0.2, -0.15) is 0 Å². The number of hydrogen-bond acceptors (Lipinski definition) is 3. The van der Waals surface area contributed by atoms with E-state index in [4.69, 9.17) is 0 Å². The molecule has 1 aromatic carbocycles. The van der Waals surface area contributed by atoms with E-state index >= 15 is 0 Å². The number of amides is 1. The molecule has 0 radical (unpaired) electrons. The fraction of sp³-hybridized carbons (Fsp3) is 0.300. The molecule has 0 N–H and O–H groups in total. The van der Waals surface area contributed by atoms with E-state index in [1.54, 1.807) is 6.20 Å². The van der Waals surface area contributed by atoms with Gasteiger partial charge in [-0.1, -0.05) is 42.5 Å². The highest BCUT2D eigenvalue weighted by atomic mass is 16.2. The van der Waals surface area contributed by atoms with Crippen molar-refractivity contribution in [3.8, 4) is 0 Å². The number of carbonyl (C=O) groups excluding carboxylic acids is 1. The van der Waals surface area contributed by atoms with Crippen LogP contribution >= 0.6 is 0 Å². The van der Waals surface area contributed by atoms with Crippen LogP contribution in [-0.2, 0) is 0 Å². The van der Waals surface area contributed by atoms with Gasteiger partial charge in [-0.15, -0.1) is 0 Å². The van der Waals surface area contributed by atoms with Crippen molar-refractivity contribution in [3.63, 3.8) is 0 Å². The minimum absolute atomic E-state index is 0.0400. The average molecular weight is 321 g/mol. The zero-order valence-electron chi connectivity index (χ0n) is 14.1. The molecule has 0 saturated carbocycles. The Balaban J connectivity index is 1.49. The van der Waals surface area contributed by atoms with E-state index < -0.39 is 0 Å². The summed E-state index contributed by atoms with van der Waals surface area (Å²) >= 11 is 0. The Morgan fingerprint density at radius 1 is 1.12 bits per heavy atom. The fourth-order valence-corrected chi connectivity index (χ4v) is 2.85. The Kier molecular flexibility index (Phi) is 5.39. The van der Waals surface area contributed by atoms with Crippen LogP contribution in [-0.4, -0.2) is 53.4 Å². The van der Waals surface area contributed by atoms with Gasteiger partial charge in [-0.05, 0) is 30.2 Å². The summed E-state index contributed by atoms with van der Waals surface area (Å²) in [7, 11) is 0. The van der Waals surface area contributed by atoms with Crippen molar-refractivity contribution in [2.24, 2.45) is 0 Å². The Labute approximate surface area is 143 Å². The van der Waals surface area contributed by atoms with Crippen LogP contribution in [0.15, 0.2) is 54.7 Å². The van der Waals surface area contributed by atoms with Crippen LogP contribution in [0.1, 0.15) is 21.6 Å². The van der Waals surface area contributed by atoms with E-state index in [0.717, 1.165) is 38.3 Å². The number of hydrogen-bond donors (Lipinski definition) is 0. The molecule has 0 unspecified atom stereocenters. The maximum Gasteiger partial charge on any atom is 0.272 e. The van der Waals surface area contributed by atoms with Gasteiger partial charge >= 0.3 is 0 Å². The second-order valence-electron chi connectivity index (χ2n) is 6.12. The Morgan fingerprint density at radius 3 is 2.58 bits per heavy atom. The molecular weight excluding hydrogens is 298 g/mol. The minimum atomic E-state index is 0.0400. The molecule has 1 fully saturated rings. The van der Waals surface area contributed by atoms with E-state index in [9.17, 15) is 4.79 Å². The van der Waals surface area contributed by atoms with Gasteiger partial charge in [0.15, 0.2) is 0 Å². The number of carbonyl (C=O) groups is 1. The van der Waals surface area contributed by atoms with Gasteiger partial charge in [0.2, 0.25) is 0 Å². The third-order valence-corrected chi connectivity index (χ3v) is 4.27. The van der Waals surface area contributed by atoms with Crippen LogP contribution in [0.25, 0.3) is 6.08 Å². The molecule has 0 spiro atoms. The first kappa shape index (κ1) is 16.4. The molecule has 2 heterocycles. The highest BCUT2D eigenvalue weighted by Crippen LogP contribution is 2.09. The summed E-state index contributed by atoms with van der Waals surface area (Å²) in [5, 5.41) is 0. The largest absolute Gasteiger partial charge is 0.335 e. The highest BCUT2D eigenvalue weighted by molar-refractivity contribution is 5.92. The summed E-state index contributed by atoms with van der Waals surface area (Å²) in [5.41, 5.74) is 2.84. The molecule has 1 aromatic heterocycles. The molecule has 1 aliphatic rings. The second kappa shape index (κ2) is 7.88. The van der Waals surface area contributed by atoms with Crippen molar-refractivity contribution >= 4 is 12.0 Å². The standard InChI is InChI=1S/C20H23N3O/c1-17-9-10-21-19(16-17)20(24)23-14-12-22(13-15-23)11-5-8-18-6-3-2-4-7-18/h2-10,16H,11-15H2,1H3/b8-5+. The first-order chi connectivity index (χ1) is 11.7. The average Bonchev–Trinajstić information content (AvgIpc) is 2.63. The van der Waals surface area contributed by atoms with Gasteiger partial charge in [-0.3, -0.25) is 14.7 Å². The molecule has 1 saturated heterocycles. The second-order valence-corrected chi connectivity index (χ2v) is 6.12. The third-order valence-electron chi connectivity index (χ3n) is 4.27. The van der Waals surface area contributed by atoms with Gasteiger partial charge in [0, 0.05) is 38.9 Å². The topological polar surface area (TPSA) is 36.4 Å². The summed E-state index contributed by atoms with van der Waals surface area (Å²) in [5.74, 6) is 0.0400. The van der Waals surface area contributed by atoms with Crippen molar-refractivity contribution in [1.82, 2.24) is 14.8 Å². The quantitative estimate of drug-likeness (QED) is 0.869. The van der Waals surface area contributed by atoms with Crippen molar-refractivity contribution < 1.29 is 4.79 Å². The Morgan fingerprint density at radius 2 is 1.88 bits per heavy atom. The lowest BCUT2D eigenvalue weighted by Crippen LogP contribution is -2.48. The SMILES string of the molecule is Cc1ccnc(C(=O)N2CCN(C/C=C/c3ccccc3)CC2)c1. The lowest BCUT2D eigenvalue weighted by Gasteiger charge is -2.34. The highest BCUT2D eigenvalue weighted by Gasteiger charge is 2.22. The molecule has 124 valence electrons. The number of pyridine rings is 1. The summed E-state index contributed by atoms with van der Waals surface area (Å²) in [6.45, 7) is 6.21. The molecule has 1 aliphatic heterocycles. The summed E-state index contributed by atoms with van der Waals surface area (Å²) in [6, 6.07) is 14.1.